The van der Waals surface area contributed by atoms with Crippen molar-refractivity contribution in [1.29, 1.82) is 0 Å². The van der Waals surface area contributed by atoms with Crippen LogP contribution in [0.1, 0.15) is 90.9 Å². The molecule has 0 N–H and O–H groups in total. The zero-order chi connectivity index (χ0) is 17.0. The molecule has 0 aromatic heterocycles. The van der Waals surface area contributed by atoms with Gasteiger partial charge in [-0.05, 0) is 74.7 Å². The molecule has 136 valence electrons. The highest BCUT2D eigenvalue weighted by atomic mass is 19.1. The summed E-state index contributed by atoms with van der Waals surface area (Å²) in [6.07, 6.45) is 21.1. The molecule has 3 rings (SSSR count). The highest BCUT2D eigenvalue weighted by Gasteiger charge is 2.40. The molecule has 2 saturated carbocycles. The SMILES string of the molecule is CCCC1CCC(C2CCC(C3(F)C=CC(CC)=CC3)CC2)CC1. The van der Waals surface area contributed by atoms with E-state index >= 15 is 4.39 Å². The third-order valence-electron chi connectivity index (χ3n) is 7.37. The maximum Gasteiger partial charge on any atom is 0.135 e. The summed E-state index contributed by atoms with van der Waals surface area (Å²) < 4.78 is 15.3. The van der Waals surface area contributed by atoms with Gasteiger partial charge in [-0.3, -0.25) is 0 Å². The summed E-state index contributed by atoms with van der Waals surface area (Å²) in [6, 6.07) is 0. The molecule has 2 fully saturated rings. The van der Waals surface area contributed by atoms with E-state index in [1.165, 1.54) is 56.9 Å². The van der Waals surface area contributed by atoms with Gasteiger partial charge in [-0.2, -0.15) is 0 Å². The van der Waals surface area contributed by atoms with Gasteiger partial charge >= 0.3 is 0 Å². The molecular formula is C23H37F. The molecule has 0 aliphatic heterocycles. The average Bonchev–Trinajstić information content (AvgIpc) is 2.63. The van der Waals surface area contributed by atoms with Crippen LogP contribution in [0, 0.1) is 23.7 Å². The van der Waals surface area contributed by atoms with E-state index in [0.29, 0.717) is 6.42 Å². The molecule has 0 spiro atoms. The molecule has 0 saturated heterocycles. The Morgan fingerprint density at radius 3 is 2.08 bits per heavy atom. The van der Waals surface area contributed by atoms with E-state index in [1.807, 2.05) is 12.2 Å². The van der Waals surface area contributed by atoms with Gasteiger partial charge in [-0.1, -0.05) is 57.3 Å². The molecule has 1 atom stereocenters. The highest BCUT2D eigenvalue weighted by Crippen LogP contribution is 2.47. The van der Waals surface area contributed by atoms with Crippen molar-refractivity contribution in [3.8, 4) is 0 Å². The number of alkyl halides is 1. The standard InChI is InChI=1S/C23H37F/c1-3-5-19-6-8-20(9-7-19)21-10-12-22(13-11-21)23(24)16-14-18(4-2)15-17-23/h14-16,19-22H,3-13,17H2,1-2H3. The Balaban J connectivity index is 1.47. The van der Waals surface area contributed by atoms with Crippen molar-refractivity contribution in [2.45, 2.75) is 96.6 Å². The van der Waals surface area contributed by atoms with Crippen molar-refractivity contribution in [2.75, 3.05) is 0 Å². The van der Waals surface area contributed by atoms with E-state index < -0.39 is 5.67 Å². The normalized spacial score (nSPS) is 40.4. The minimum absolute atomic E-state index is 0.260. The zero-order valence-corrected chi connectivity index (χ0v) is 15.9. The molecule has 0 heterocycles. The van der Waals surface area contributed by atoms with Crippen molar-refractivity contribution < 1.29 is 4.39 Å². The topological polar surface area (TPSA) is 0 Å². The van der Waals surface area contributed by atoms with E-state index in [2.05, 4.69) is 19.9 Å². The summed E-state index contributed by atoms with van der Waals surface area (Å²) in [6.45, 7) is 4.47. The molecule has 24 heavy (non-hydrogen) atoms. The van der Waals surface area contributed by atoms with E-state index in [0.717, 1.165) is 37.0 Å². The van der Waals surface area contributed by atoms with E-state index in [-0.39, 0.29) is 5.92 Å². The minimum atomic E-state index is -1.05. The van der Waals surface area contributed by atoms with Crippen molar-refractivity contribution in [3.63, 3.8) is 0 Å². The van der Waals surface area contributed by atoms with E-state index in [9.17, 15) is 0 Å². The maximum atomic E-state index is 15.3. The van der Waals surface area contributed by atoms with Gasteiger partial charge < -0.3 is 0 Å². The molecule has 1 heteroatoms. The van der Waals surface area contributed by atoms with Gasteiger partial charge in [0.1, 0.15) is 5.67 Å². The quantitative estimate of drug-likeness (QED) is 0.492. The molecule has 0 aromatic carbocycles. The van der Waals surface area contributed by atoms with Crippen molar-refractivity contribution in [1.82, 2.24) is 0 Å². The number of hydrogen-bond acceptors (Lipinski definition) is 0. The fourth-order valence-corrected chi connectivity index (χ4v) is 5.66. The molecule has 0 bridgehead atoms. The van der Waals surface area contributed by atoms with Crippen LogP contribution in [0.2, 0.25) is 0 Å². The first-order chi connectivity index (χ1) is 11.6. The van der Waals surface area contributed by atoms with Crippen LogP contribution in [0.3, 0.4) is 0 Å². The molecule has 0 aromatic rings. The summed E-state index contributed by atoms with van der Waals surface area (Å²) in [4.78, 5) is 0. The first-order valence-corrected chi connectivity index (χ1v) is 10.7. The number of rotatable bonds is 5. The third kappa shape index (κ3) is 4.14. The monoisotopic (exact) mass is 332 g/mol. The Labute approximate surface area is 149 Å². The number of allylic oxidation sites excluding steroid dienone is 4. The second-order valence-corrected chi connectivity index (χ2v) is 8.78. The summed E-state index contributed by atoms with van der Waals surface area (Å²) in [5.74, 6) is 3.10. The lowest BCUT2D eigenvalue weighted by atomic mass is 9.65. The molecule has 3 aliphatic carbocycles. The predicted octanol–water partition coefficient (Wildman–Crippen LogP) is 7.40. The maximum absolute atomic E-state index is 15.3. The Morgan fingerprint density at radius 2 is 1.58 bits per heavy atom. The average molecular weight is 333 g/mol. The predicted molar refractivity (Wildman–Crippen MR) is 102 cm³/mol. The van der Waals surface area contributed by atoms with Crippen LogP contribution in [-0.4, -0.2) is 5.67 Å². The Hall–Kier alpha value is -0.590. The van der Waals surface area contributed by atoms with Crippen molar-refractivity contribution in [2.24, 2.45) is 23.7 Å². The van der Waals surface area contributed by atoms with E-state index in [1.54, 1.807) is 0 Å². The van der Waals surface area contributed by atoms with Gasteiger partial charge in [0, 0.05) is 6.42 Å². The third-order valence-corrected chi connectivity index (χ3v) is 7.37. The van der Waals surface area contributed by atoms with Gasteiger partial charge in [0.05, 0.1) is 0 Å². The lowest BCUT2D eigenvalue weighted by Gasteiger charge is -2.41. The lowest BCUT2D eigenvalue weighted by molar-refractivity contribution is 0.0670. The van der Waals surface area contributed by atoms with Crippen LogP contribution in [0.5, 0.6) is 0 Å². The van der Waals surface area contributed by atoms with Crippen molar-refractivity contribution >= 4 is 0 Å². The number of halogens is 1. The van der Waals surface area contributed by atoms with Gasteiger partial charge in [0.25, 0.3) is 0 Å². The van der Waals surface area contributed by atoms with Gasteiger partial charge in [-0.15, -0.1) is 0 Å². The van der Waals surface area contributed by atoms with Crippen molar-refractivity contribution in [3.05, 3.63) is 23.8 Å². The lowest BCUT2D eigenvalue weighted by Crippen LogP contribution is -2.36. The van der Waals surface area contributed by atoms with Crippen LogP contribution in [0.25, 0.3) is 0 Å². The Kier molecular flexibility index (Phi) is 6.22. The minimum Gasteiger partial charge on any atom is -0.239 e. The summed E-state index contributed by atoms with van der Waals surface area (Å²) >= 11 is 0. The smallest absolute Gasteiger partial charge is 0.135 e. The fourth-order valence-electron chi connectivity index (χ4n) is 5.66. The van der Waals surface area contributed by atoms with Crippen LogP contribution in [0.15, 0.2) is 23.8 Å². The summed E-state index contributed by atoms with van der Waals surface area (Å²) in [5.41, 5.74) is 0.253. The van der Waals surface area contributed by atoms with Crippen LogP contribution in [0.4, 0.5) is 4.39 Å². The molecule has 0 radical (unpaired) electrons. The zero-order valence-electron chi connectivity index (χ0n) is 15.9. The molecular weight excluding hydrogens is 295 g/mol. The highest BCUT2D eigenvalue weighted by molar-refractivity contribution is 5.28. The van der Waals surface area contributed by atoms with E-state index in [4.69, 9.17) is 0 Å². The van der Waals surface area contributed by atoms with Gasteiger partial charge in [-0.25, -0.2) is 4.39 Å². The molecule has 1 unspecified atom stereocenters. The molecule has 3 aliphatic rings. The summed E-state index contributed by atoms with van der Waals surface area (Å²) in [7, 11) is 0. The second kappa shape index (κ2) is 8.19. The van der Waals surface area contributed by atoms with Crippen LogP contribution < -0.4 is 0 Å². The molecule has 0 amide bonds. The first-order valence-electron chi connectivity index (χ1n) is 10.7. The van der Waals surface area contributed by atoms with Crippen LogP contribution >= 0.6 is 0 Å². The molecule has 0 nitrogen and oxygen atoms in total. The van der Waals surface area contributed by atoms with Crippen LogP contribution in [-0.2, 0) is 0 Å². The van der Waals surface area contributed by atoms with Gasteiger partial charge in [0.15, 0.2) is 0 Å². The fraction of sp³-hybridized carbons (Fsp3) is 0.826. The second-order valence-electron chi connectivity index (χ2n) is 8.78. The number of hydrogen-bond donors (Lipinski definition) is 0. The Morgan fingerprint density at radius 1 is 0.958 bits per heavy atom. The largest absolute Gasteiger partial charge is 0.239 e. The first kappa shape index (κ1) is 18.2. The summed E-state index contributed by atoms with van der Waals surface area (Å²) in [5, 5.41) is 0. The Bertz CT molecular complexity index is 447. The van der Waals surface area contributed by atoms with Gasteiger partial charge in [0.2, 0.25) is 0 Å².